The van der Waals surface area contributed by atoms with Gasteiger partial charge in [0.25, 0.3) is 0 Å². The third-order valence-corrected chi connectivity index (χ3v) is 28.0. The third kappa shape index (κ3) is 15.0. The van der Waals surface area contributed by atoms with E-state index < -0.39 is 299 Å². The molecule has 8 aliphatic heterocycles. The summed E-state index contributed by atoms with van der Waals surface area (Å²) >= 11 is 0. The lowest BCUT2D eigenvalue weighted by Gasteiger charge is -2.71. The molecule has 0 unspecified atom stereocenters. The lowest BCUT2D eigenvalue weighted by Crippen LogP contribution is -2.68. The van der Waals surface area contributed by atoms with Gasteiger partial charge in [-0.15, -0.1) is 0 Å². The number of carbonyl (C=O) groups excluding carboxylic acids is 1. The van der Waals surface area contributed by atoms with Gasteiger partial charge in [0.05, 0.1) is 70.7 Å². The number of esters is 1. The minimum Gasteiger partial charge on any atom is -0.432 e. The van der Waals surface area contributed by atoms with Crippen LogP contribution in [0.4, 0.5) is 0 Å². The molecule has 110 heavy (non-hydrogen) atoms. The van der Waals surface area contributed by atoms with Gasteiger partial charge in [-0.2, -0.15) is 0 Å². The molecule has 0 aromatic heterocycles. The molecule has 43 atom stereocenters. The molecule has 0 radical (unpaired) electrons. The Morgan fingerprint density at radius 3 is 1.65 bits per heavy atom. The maximum Gasteiger partial charge on any atom is 0.317 e. The van der Waals surface area contributed by atoms with Gasteiger partial charge in [-0.05, 0) is 116 Å². The van der Waals surface area contributed by atoms with Crippen LogP contribution in [0, 0.1) is 50.2 Å². The van der Waals surface area contributed by atoms with E-state index in [2.05, 4.69) is 54.5 Å². The first-order valence-electron chi connectivity index (χ1n) is 38.7. The fraction of sp³-hybridized carbons (Fsp3) is 0.959. The SMILES string of the molecule is C[C@@H]1O[C@@H](O[C@@H]2[C@@H](O[C@@H]3O[C@@H](C)[C@H](O[C@@H]4OC[C@H](O)[C@H](O[C@@H]5OC[C@@H](O)[C@H](O)[C@H]5O)[C@H]4O)[C@@H](O[C@@H]4OC[C@](O)(CO)[C@H]4O)[C@H]3O)[C@H](OC(=O)[C@]34CCC(C)(C)C[C@H]3C3=CC[C@@H]5[C@@]6(C)CC[C@H](O[C@@H]7O[C@H](CO[C@@H]8OC[C@H](O)[C@H](O)[C@H]8O)[C@@H](O)[C@H](O)[C@H]7O)C(C)(C)[C@@H]6CC[C@@]5(C)[C@]3(C)C[C@H]4O)OC[C@H]2O)[C@H](O)[C@H](O)[C@H]1O. The highest BCUT2D eigenvalue weighted by Gasteiger charge is 2.73. The molecule has 0 spiro atoms. The highest BCUT2D eigenvalue weighted by Crippen LogP contribution is 2.76. The monoisotopic (exact) mass is 1590 g/mol. The van der Waals surface area contributed by atoms with Crippen molar-refractivity contribution < 1.29 is 183 Å². The Balaban J connectivity index is 0.769. The van der Waals surface area contributed by atoms with Crippen molar-refractivity contribution in [3.8, 4) is 0 Å². The van der Waals surface area contributed by atoms with Crippen molar-refractivity contribution >= 4 is 5.97 Å². The standard InChI is InChI=1S/C73H118O37/c1-27-40(80)44(84)48(88)61(101-27)107-54-34(78)23-98-64(56(54)109-63-51(91)55(108-65-57(92)72(94,25-74)26-100-65)52(28(2)102-63)105-60-50(90)53(33(77)22-97-60)106-59-47(87)42(82)32(76)21-96-59)110-66(93)73-17-16-67(3,4)18-30(73)29-10-11-37-69(7)14-13-39(68(5,6)36(69)12-15-70(37,8)71(29,9)19-38(73)79)104-62-49(89)45(85)43(83)35(103-62)24-99-58-46(86)41(81)31(75)20-95-58/h10,27-28,30-65,74-92,94H,11-26H2,1-9H3/t27-,28-,30-,31-,32+,33-,34+,35+,36-,37+,38+,39-,40-,41-,42-,43+,44+,45-,46+,47+,48+,49+,50+,51+,52-,53-,54-,55-,56+,57-,58-,59-,60-,61-,62-,63-,64-,65-,69-,70+,71+,72+,73+/m0/s1. The molecular weight excluding hydrogens is 1470 g/mol. The van der Waals surface area contributed by atoms with Crippen LogP contribution in [-0.4, -0.2) is 375 Å². The van der Waals surface area contributed by atoms with Crippen LogP contribution in [0.1, 0.15) is 120 Å². The first-order valence-corrected chi connectivity index (χ1v) is 38.7. The van der Waals surface area contributed by atoms with Crippen molar-refractivity contribution in [2.75, 3.05) is 46.2 Å². The second-order valence-electron chi connectivity index (χ2n) is 35.5. The summed E-state index contributed by atoms with van der Waals surface area (Å²) in [6, 6.07) is 0. The smallest absolute Gasteiger partial charge is 0.317 e. The van der Waals surface area contributed by atoms with Crippen LogP contribution in [-0.2, 0) is 80.6 Å². The molecule has 0 aromatic rings. The first kappa shape index (κ1) is 85.7. The average molecular weight is 1590 g/mol. The summed E-state index contributed by atoms with van der Waals surface area (Å²) in [7, 11) is 0. The zero-order chi connectivity index (χ0) is 79.9. The van der Waals surface area contributed by atoms with Gasteiger partial charge < -0.3 is 178 Å². The van der Waals surface area contributed by atoms with Crippen molar-refractivity contribution in [3.63, 3.8) is 0 Å². The number of rotatable bonds is 18. The van der Waals surface area contributed by atoms with E-state index in [-0.39, 0.29) is 36.7 Å². The van der Waals surface area contributed by atoms with Crippen molar-refractivity contribution in [2.45, 2.75) is 341 Å². The van der Waals surface area contributed by atoms with Crippen molar-refractivity contribution in [1.29, 1.82) is 0 Å². The fourth-order valence-corrected chi connectivity index (χ4v) is 21.0. The Hall–Kier alpha value is -2.19. The van der Waals surface area contributed by atoms with Crippen LogP contribution in [0.5, 0.6) is 0 Å². The molecule has 37 heteroatoms. The fourth-order valence-electron chi connectivity index (χ4n) is 21.0. The Bertz CT molecular complexity index is 3180. The molecular formula is C73H118O37. The van der Waals surface area contributed by atoms with Crippen molar-refractivity contribution in [1.82, 2.24) is 0 Å². The van der Waals surface area contributed by atoms with E-state index in [0.29, 0.717) is 44.9 Å². The minimum atomic E-state index is -2.30. The number of allylic oxidation sites excluding steroid dienone is 2. The summed E-state index contributed by atoms with van der Waals surface area (Å²) in [5, 5.41) is 222. The van der Waals surface area contributed by atoms with Crippen LogP contribution in [0.3, 0.4) is 0 Å². The van der Waals surface area contributed by atoms with Crippen LogP contribution < -0.4 is 0 Å². The number of carbonyl (C=O) groups is 1. The molecule has 13 rings (SSSR count). The average Bonchev–Trinajstić information content (AvgIpc) is 0.675. The molecule has 13 aliphatic rings. The highest BCUT2D eigenvalue weighted by atomic mass is 16.8. The van der Waals surface area contributed by atoms with E-state index in [1.807, 2.05) is 0 Å². The molecule has 8 saturated heterocycles. The van der Waals surface area contributed by atoms with Crippen LogP contribution >= 0.6 is 0 Å². The second kappa shape index (κ2) is 32.2. The summed E-state index contributed by atoms with van der Waals surface area (Å²) in [5.41, 5.74) is -5.64. The predicted octanol–water partition coefficient (Wildman–Crippen LogP) is -6.52. The van der Waals surface area contributed by atoms with Crippen molar-refractivity contribution in [3.05, 3.63) is 11.6 Å². The van der Waals surface area contributed by atoms with Gasteiger partial charge in [0.15, 0.2) is 50.1 Å². The molecule has 0 aromatic carbocycles. The van der Waals surface area contributed by atoms with E-state index in [1.165, 1.54) is 13.8 Å². The van der Waals surface area contributed by atoms with Gasteiger partial charge in [-0.25, -0.2) is 0 Å². The maximum atomic E-state index is 16.2. The molecule has 12 fully saturated rings. The predicted molar refractivity (Wildman–Crippen MR) is 362 cm³/mol. The minimum absolute atomic E-state index is 0.000275. The van der Waals surface area contributed by atoms with Crippen molar-refractivity contribution in [2.24, 2.45) is 50.2 Å². The molecule has 37 nitrogen and oxygen atoms in total. The van der Waals surface area contributed by atoms with Crippen LogP contribution in [0.15, 0.2) is 11.6 Å². The lowest BCUT2D eigenvalue weighted by atomic mass is 9.33. The van der Waals surface area contributed by atoms with Gasteiger partial charge in [-0.3, -0.25) is 4.79 Å². The maximum absolute atomic E-state index is 16.2. The van der Waals surface area contributed by atoms with E-state index >= 15 is 4.79 Å². The van der Waals surface area contributed by atoms with Gasteiger partial charge in [-0.1, -0.05) is 60.1 Å². The number of fused-ring (bicyclic) bond motifs is 7. The number of aliphatic hydroxyl groups excluding tert-OH is 19. The van der Waals surface area contributed by atoms with E-state index in [1.54, 1.807) is 0 Å². The summed E-state index contributed by atoms with van der Waals surface area (Å²) in [6.07, 6.45) is -52.4. The van der Waals surface area contributed by atoms with E-state index in [9.17, 15) is 102 Å². The van der Waals surface area contributed by atoms with E-state index in [4.69, 9.17) is 75.8 Å². The topological polar surface area (TPSA) is 569 Å². The summed E-state index contributed by atoms with van der Waals surface area (Å²) in [5.74, 6) is -1.59. The Morgan fingerprint density at radius 1 is 0.473 bits per heavy atom. The first-order chi connectivity index (χ1) is 51.6. The zero-order valence-electron chi connectivity index (χ0n) is 63.2. The molecule has 20 N–H and O–H groups in total. The van der Waals surface area contributed by atoms with Gasteiger partial charge in [0.2, 0.25) is 6.29 Å². The summed E-state index contributed by atoms with van der Waals surface area (Å²) < 4.78 is 97.1. The van der Waals surface area contributed by atoms with E-state index in [0.717, 1.165) is 5.57 Å². The Kier molecular flexibility index (Phi) is 25.1. The van der Waals surface area contributed by atoms with Gasteiger partial charge in [0.1, 0.15) is 145 Å². The molecule has 5 aliphatic carbocycles. The van der Waals surface area contributed by atoms with Gasteiger partial charge >= 0.3 is 5.97 Å². The number of hydrogen-bond acceptors (Lipinski definition) is 37. The number of aliphatic hydroxyl groups is 20. The van der Waals surface area contributed by atoms with Gasteiger partial charge in [0, 0.05) is 0 Å². The molecule has 0 bridgehead atoms. The van der Waals surface area contributed by atoms with Crippen LogP contribution in [0.25, 0.3) is 0 Å². The zero-order valence-corrected chi connectivity index (χ0v) is 63.2. The largest absolute Gasteiger partial charge is 0.432 e. The molecule has 8 heterocycles. The highest BCUT2D eigenvalue weighted by molar-refractivity contribution is 5.80. The normalized spacial score (nSPS) is 55.1. The quantitative estimate of drug-likeness (QED) is 0.0345. The Morgan fingerprint density at radius 2 is 1.00 bits per heavy atom. The third-order valence-electron chi connectivity index (χ3n) is 28.0. The molecule has 0 amide bonds. The summed E-state index contributed by atoms with van der Waals surface area (Å²) in [6.45, 7) is 13.7. The number of ether oxygens (including phenoxy) is 16. The lowest BCUT2D eigenvalue weighted by molar-refractivity contribution is -0.394. The summed E-state index contributed by atoms with van der Waals surface area (Å²) in [4.78, 5) is 16.2. The number of hydrogen-bond donors (Lipinski definition) is 20. The van der Waals surface area contributed by atoms with Crippen LogP contribution in [0.2, 0.25) is 0 Å². The molecule has 4 saturated carbocycles. The second-order valence-corrected chi connectivity index (χ2v) is 35.5. The molecule has 632 valence electrons. The Labute approximate surface area is 635 Å².